The largest absolute Gasteiger partial charge is 0.477 e. The van der Waals surface area contributed by atoms with Crippen LogP contribution in [0.1, 0.15) is 71.1 Å². The first kappa shape index (κ1) is 15.6. The Morgan fingerprint density at radius 1 is 1.33 bits per heavy atom. The molecule has 1 fully saturated rings. The molecule has 0 aliphatic heterocycles. The molecule has 5 heteroatoms. The number of carbonyl (C=O) groups is 2. The van der Waals surface area contributed by atoms with Crippen molar-refractivity contribution in [3.8, 4) is 0 Å². The van der Waals surface area contributed by atoms with Gasteiger partial charge >= 0.3 is 5.97 Å². The van der Waals surface area contributed by atoms with E-state index in [2.05, 4.69) is 17.2 Å². The van der Waals surface area contributed by atoms with Gasteiger partial charge in [-0.05, 0) is 38.2 Å². The van der Waals surface area contributed by atoms with E-state index in [0.29, 0.717) is 22.7 Å². The Kier molecular flexibility index (Phi) is 4.70. The zero-order chi connectivity index (χ0) is 15.6. The standard InChI is InChI=1S/C16H24N2O3/c1-4-11-6-5-7-12(8-11)18-15(19)13-9(2)14(16(20)21)17-10(13)3/h11-12,17H,4-8H2,1-3H3,(H,18,19)(H,20,21). The van der Waals surface area contributed by atoms with Crippen LogP contribution in [0.25, 0.3) is 0 Å². The molecule has 1 amide bonds. The number of rotatable bonds is 4. The van der Waals surface area contributed by atoms with E-state index < -0.39 is 5.97 Å². The number of aromatic amines is 1. The average molecular weight is 292 g/mol. The number of nitrogens with one attached hydrogen (secondary N) is 2. The third-order valence-electron chi connectivity index (χ3n) is 4.57. The first-order valence-corrected chi connectivity index (χ1v) is 7.67. The third kappa shape index (κ3) is 3.28. The summed E-state index contributed by atoms with van der Waals surface area (Å²) in [6.07, 6.45) is 5.58. The number of aromatic carboxylic acids is 1. The van der Waals surface area contributed by atoms with E-state index >= 15 is 0 Å². The van der Waals surface area contributed by atoms with Crippen molar-refractivity contribution in [3.05, 3.63) is 22.5 Å². The fourth-order valence-corrected chi connectivity index (χ4v) is 3.35. The fraction of sp³-hybridized carbons (Fsp3) is 0.625. The molecule has 2 atom stereocenters. The Morgan fingerprint density at radius 2 is 2.05 bits per heavy atom. The minimum atomic E-state index is -1.03. The molecule has 1 saturated carbocycles. The topological polar surface area (TPSA) is 82.2 Å². The average Bonchev–Trinajstić information content (AvgIpc) is 2.74. The molecular formula is C16H24N2O3. The van der Waals surface area contributed by atoms with E-state index in [1.54, 1.807) is 13.8 Å². The van der Waals surface area contributed by atoms with E-state index in [-0.39, 0.29) is 17.6 Å². The molecule has 0 saturated heterocycles. The van der Waals surface area contributed by atoms with Crippen LogP contribution in [-0.2, 0) is 0 Å². The van der Waals surface area contributed by atoms with Crippen LogP contribution in [0.2, 0.25) is 0 Å². The SMILES string of the molecule is CCC1CCCC(NC(=O)c2c(C)[nH]c(C(=O)O)c2C)C1. The Morgan fingerprint density at radius 3 is 2.62 bits per heavy atom. The van der Waals surface area contributed by atoms with Gasteiger partial charge in [0, 0.05) is 11.7 Å². The fourth-order valence-electron chi connectivity index (χ4n) is 3.35. The molecule has 5 nitrogen and oxygen atoms in total. The lowest BCUT2D eigenvalue weighted by molar-refractivity contribution is 0.0690. The van der Waals surface area contributed by atoms with Crippen molar-refractivity contribution in [1.29, 1.82) is 0 Å². The summed E-state index contributed by atoms with van der Waals surface area (Å²) in [4.78, 5) is 26.4. The Balaban J connectivity index is 2.12. The van der Waals surface area contributed by atoms with Gasteiger partial charge < -0.3 is 15.4 Å². The second-order valence-corrected chi connectivity index (χ2v) is 6.04. The highest BCUT2D eigenvalue weighted by Crippen LogP contribution is 2.27. The van der Waals surface area contributed by atoms with Crippen LogP contribution in [0.5, 0.6) is 0 Å². The second-order valence-electron chi connectivity index (χ2n) is 6.04. The van der Waals surface area contributed by atoms with E-state index in [9.17, 15) is 9.59 Å². The van der Waals surface area contributed by atoms with E-state index in [1.807, 2.05) is 0 Å². The summed E-state index contributed by atoms with van der Waals surface area (Å²) in [6, 6.07) is 0.207. The van der Waals surface area contributed by atoms with Crippen molar-refractivity contribution in [2.75, 3.05) is 0 Å². The molecule has 116 valence electrons. The number of hydrogen-bond donors (Lipinski definition) is 3. The van der Waals surface area contributed by atoms with Gasteiger partial charge in [-0.15, -0.1) is 0 Å². The molecule has 0 aromatic carbocycles. The van der Waals surface area contributed by atoms with Gasteiger partial charge in [-0.25, -0.2) is 4.79 Å². The van der Waals surface area contributed by atoms with E-state index in [0.717, 1.165) is 25.7 Å². The highest BCUT2D eigenvalue weighted by molar-refractivity contribution is 6.00. The zero-order valence-corrected chi connectivity index (χ0v) is 13.0. The summed E-state index contributed by atoms with van der Waals surface area (Å²) in [5, 5.41) is 12.2. The minimum absolute atomic E-state index is 0.104. The van der Waals surface area contributed by atoms with Gasteiger partial charge in [0.25, 0.3) is 5.91 Å². The van der Waals surface area contributed by atoms with Crippen LogP contribution >= 0.6 is 0 Å². The van der Waals surface area contributed by atoms with Gasteiger partial charge in [0.05, 0.1) is 5.56 Å². The Hall–Kier alpha value is -1.78. The quantitative estimate of drug-likeness (QED) is 0.797. The third-order valence-corrected chi connectivity index (χ3v) is 4.57. The molecule has 1 aromatic rings. The first-order chi connectivity index (χ1) is 9.93. The van der Waals surface area contributed by atoms with Crippen LogP contribution in [0.4, 0.5) is 0 Å². The molecular weight excluding hydrogens is 268 g/mol. The lowest BCUT2D eigenvalue weighted by Crippen LogP contribution is -2.38. The van der Waals surface area contributed by atoms with Gasteiger partial charge in [-0.1, -0.05) is 26.2 Å². The van der Waals surface area contributed by atoms with Crippen LogP contribution < -0.4 is 5.32 Å². The number of aromatic nitrogens is 1. The lowest BCUT2D eigenvalue weighted by atomic mass is 9.84. The van der Waals surface area contributed by atoms with Crippen molar-refractivity contribution in [3.63, 3.8) is 0 Å². The summed E-state index contributed by atoms with van der Waals surface area (Å²) < 4.78 is 0. The molecule has 2 rings (SSSR count). The molecule has 0 radical (unpaired) electrons. The Bertz CT molecular complexity index is 548. The maximum Gasteiger partial charge on any atom is 0.352 e. The van der Waals surface area contributed by atoms with E-state index in [1.165, 1.54) is 6.42 Å². The predicted octanol–water partition coefficient (Wildman–Crippen LogP) is 3.03. The van der Waals surface area contributed by atoms with Gasteiger partial charge in [0.2, 0.25) is 0 Å². The smallest absolute Gasteiger partial charge is 0.352 e. The minimum Gasteiger partial charge on any atom is -0.477 e. The summed E-state index contributed by atoms with van der Waals surface area (Å²) in [5.41, 5.74) is 1.71. The monoisotopic (exact) mass is 292 g/mol. The summed E-state index contributed by atoms with van der Waals surface area (Å²) in [7, 11) is 0. The number of carboxylic acids is 1. The predicted molar refractivity (Wildman–Crippen MR) is 80.7 cm³/mol. The van der Waals surface area contributed by atoms with Crippen LogP contribution in [0.3, 0.4) is 0 Å². The van der Waals surface area contributed by atoms with Crippen molar-refractivity contribution in [2.24, 2.45) is 5.92 Å². The Labute approximate surface area is 125 Å². The molecule has 0 spiro atoms. The highest BCUT2D eigenvalue weighted by atomic mass is 16.4. The molecule has 1 aliphatic rings. The molecule has 2 unspecified atom stereocenters. The van der Waals surface area contributed by atoms with Crippen molar-refractivity contribution in [2.45, 2.75) is 58.9 Å². The van der Waals surface area contributed by atoms with Gasteiger partial charge in [0.1, 0.15) is 5.69 Å². The summed E-state index contributed by atoms with van der Waals surface area (Å²) >= 11 is 0. The molecule has 1 aliphatic carbocycles. The molecule has 3 N–H and O–H groups in total. The molecule has 21 heavy (non-hydrogen) atoms. The van der Waals surface area contributed by atoms with Crippen LogP contribution in [-0.4, -0.2) is 28.0 Å². The number of carboxylic acid groups (broad SMARTS) is 1. The van der Waals surface area contributed by atoms with Gasteiger partial charge in [-0.3, -0.25) is 4.79 Å². The number of aryl methyl sites for hydroxylation is 1. The number of carbonyl (C=O) groups excluding carboxylic acids is 1. The normalized spacial score (nSPS) is 22.0. The van der Waals surface area contributed by atoms with Crippen molar-refractivity contribution < 1.29 is 14.7 Å². The maximum absolute atomic E-state index is 12.5. The summed E-state index contributed by atoms with van der Waals surface area (Å²) in [5.74, 6) is -0.499. The van der Waals surface area contributed by atoms with E-state index in [4.69, 9.17) is 5.11 Å². The lowest BCUT2D eigenvalue weighted by Gasteiger charge is -2.29. The molecule has 1 heterocycles. The van der Waals surface area contributed by atoms with Gasteiger partial charge in [-0.2, -0.15) is 0 Å². The summed E-state index contributed by atoms with van der Waals surface area (Å²) in [6.45, 7) is 5.61. The van der Waals surface area contributed by atoms with Crippen molar-refractivity contribution >= 4 is 11.9 Å². The van der Waals surface area contributed by atoms with Crippen LogP contribution in [0, 0.1) is 19.8 Å². The molecule has 1 aromatic heterocycles. The number of H-pyrrole nitrogens is 1. The van der Waals surface area contributed by atoms with Crippen molar-refractivity contribution in [1.82, 2.24) is 10.3 Å². The number of amides is 1. The van der Waals surface area contributed by atoms with Crippen LogP contribution in [0.15, 0.2) is 0 Å². The highest BCUT2D eigenvalue weighted by Gasteiger charge is 2.26. The zero-order valence-electron chi connectivity index (χ0n) is 13.0. The first-order valence-electron chi connectivity index (χ1n) is 7.67. The number of hydrogen-bond acceptors (Lipinski definition) is 2. The van der Waals surface area contributed by atoms with Gasteiger partial charge in [0.15, 0.2) is 0 Å². The molecule has 0 bridgehead atoms. The maximum atomic E-state index is 12.5. The second kappa shape index (κ2) is 6.33.